The van der Waals surface area contributed by atoms with Crippen molar-refractivity contribution in [1.82, 2.24) is 0 Å². The lowest BCUT2D eigenvalue weighted by Crippen LogP contribution is -1.89. The molecule has 1 heterocycles. The van der Waals surface area contributed by atoms with Crippen molar-refractivity contribution in [2.75, 3.05) is 0 Å². The SMILES string of the molecule is O=C(O)CC=Cc1ccc(CO)s1. The largest absolute Gasteiger partial charge is 0.481 e. The van der Waals surface area contributed by atoms with Gasteiger partial charge in [0.05, 0.1) is 13.0 Å². The molecule has 1 rings (SSSR count). The average Bonchev–Trinajstić information content (AvgIpc) is 2.52. The molecule has 0 fully saturated rings. The summed E-state index contributed by atoms with van der Waals surface area (Å²) in [5.41, 5.74) is 0. The summed E-state index contributed by atoms with van der Waals surface area (Å²) in [4.78, 5) is 12.0. The van der Waals surface area contributed by atoms with Gasteiger partial charge in [-0.05, 0) is 18.2 Å². The monoisotopic (exact) mass is 198 g/mol. The van der Waals surface area contributed by atoms with Crippen LogP contribution in [0.5, 0.6) is 0 Å². The highest BCUT2D eigenvalue weighted by molar-refractivity contribution is 7.12. The summed E-state index contributed by atoms with van der Waals surface area (Å²) in [6.07, 6.45) is 3.37. The van der Waals surface area contributed by atoms with Gasteiger partial charge in [-0.15, -0.1) is 11.3 Å². The zero-order valence-electron chi connectivity index (χ0n) is 6.93. The summed E-state index contributed by atoms with van der Waals surface area (Å²) in [6.45, 7) is 0.0391. The van der Waals surface area contributed by atoms with Crippen molar-refractivity contribution >= 4 is 23.4 Å². The van der Waals surface area contributed by atoms with E-state index in [1.807, 2.05) is 12.1 Å². The Hall–Kier alpha value is -1.13. The Bertz CT molecular complexity index is 314. The number of hydrogen-bond acceptors (Lipinski definition) is 3. The summed E-state index contributed by atoms with van der Waals surface area (Å²) >= 11 is 1.45. The fourth-order valence-electron chi connectivity index (χ4n) is 0.845. The van der Waals surface area contributed by atoms with Crippen LogP contribution in [-0.2, 0) is 11.4 Å². The van der Waals surface area contributed by atoms with E-state index in [0.717, 1.165) is 9.75 Å². The molecular weight excluding hydrogens is 188 g/mol. The minimum absolute atomic E-state index is 0.0341. The molecule has 0 aliphatic carbocycles. The minimum atomic E-state index is -0.838. The number of aliphatic hydroxyl groups is 1. The molecule has 0 saturated carbocycles. The Morgan fingerprint density at radius 1 is 1.54 bits per heavy atom. The maximum atomic E-state index is 10.2. The van der Waals surface area contributed by atoms with Crippen LogP contribution < -0.4 is 0 Å². The van der Waals surface area contributed by atoms with Gasteiger partial charge in [0, 0.05) is 9.75 Å². The van der Waals surface area contributed by atoms with Gasteiger partial charge in [0.25, 0.3) is 0 Å². The van der Waals surface area contributed by atoms with Gasteiger partial charge in [0.2, 0.25) is 0 Å². The maximum absolute atomic E-state index is 10.2. The molecule has 0 spiro atoms. The minimum Gasteiger partial charge on any atom is -0.481 e. The van der Waals surface area contributed by atoms with Crippen molar-refractivity contribution < 1.29 is 15.0 Å². The first kappa shape index (κ1) is 9.95. The third kappa shape index (κ3) is 3.40. The molecular formula is C9H10O3S. The molecule has 0 unspecified atom stereocenters. The molecule has 3 nitrogen and oxygen atoms in total. The number of carboxylic acid groups (broad SMARTS) is 1. The van der Waals surface area contributed by atoms with Crippen LogP contribution in [0, 0.1) is 0 Å². The van der Waals surface area contributed by atoms with Gasteiger partial charge in [-0.25, -0.2) is 0 Å². The van der Waals surface area contributed by atoms with Crippen LogP contribution in [0.15, 0.2) is 18.2 Å². The molecule has 70 valence electrons. The molecule has 0 aromatic carbocycles. The second kappa shape index (κ2) is 4.79. The number of thiophene rings is 1. The van der Waals surface area contributed by atoms with Crippen molar-refractivity contribution in [3.8, 4) is 0 Å². The van der Waals surface area contributed by atoms with Gasteiger partial charge in [-0.2, -0.15) is 0 Å². The van der Waals surface area contributed by atoms with Crippen molar-refractivity contribution in [2.45, 2.75) is 13.0 Å². The summed E-state index contributed by atoms with van der Waals surface area (Å²) in [6, 6.07) is 3.68. The van der Waals surface area contributed by atoms with Crippen molar-refractivity contribution in [3.05, 3.63) is 28.0 Å². The van der Waals surface area contributed by atoms with E-state index in [9.17, 15) is 4.79 Å². The van der Waals surface area contributed by atoms with Crippen molar-refractivity contribution in [2.24, 2.45) is 0 Å². The third-order valence-corrected chi connectivity index (χ3v) is 2.45. The van der Waals surface area contributed by atoms with E-state index < -0.39 is 5.97 Å². The molecule has 0 saturated heterocycles. The van der Waals surface area contributed by atoms with Crippen LogP contribution in [0.25, 0.3) is 6.08 Å². The fraction of sp³-hybridized carbons (Fsp3) is 0.222. The number of aliphatic hydroxyl groups excluding tert-OH is 1. The lowest BCUT2D eigenvalue weighted by Gasteiger charge is -1.84. The molecule has 0 aliphatic heterocycles. The Morgan fingerprint density at radius 3 is 2.85 bits per heavy atom. The molecule has 0 radical (unpaired) electrons. The lowest BCUT2D eigenvalue weighted by atomic mass is 10.3. The highest BCUT2D eigenvalue weighted by Crippen LogP contribution is 2.17. The smallest absolute Gasteiger partial charge is 0.307 e. The Morgan fingerprint density at radius 2 is 2.31 bits per heavy atom. The van der Waals surface area contributed by atoms with Crippen LogP contribution in [-0.4, -0.2) is 16.2 Å². The summed E-state index contributed by atoms with van der Waals surface area (Å²) in [5, 5.41) is 17.1. The van der Waals surface area contributed by atoms with Crippen LogP contribution in [0.2, 0.25) is 0 Å². The molecule has 0 atom stereocenters. The van der Waals surface area contributed by atoms with Crippen LogP contribution >= 0.6 is 11.3 Å². The van der Waals surface area contributed by atoms with E-state index in [2.05, 4.69) is 0 Å². The Labute approximate surface area is 80.0 Å². The molecule has 0 aliphatic rings. The molecule has 0 amide bonds. The van der Waals surface area contributed by atoms with E-state index in [1.54, 1.807) is 12.2 Å². The van der Waals surface area contributed by atoms with E-state index in [-0.39, 0.29) is 13.0 Å². The van der Waals surface area contributed by atoms with Gasteiger partial charge in [-0.3, -0.25) is 4.79 Å². The predicted molar refractivity (Wildman–Crippen MR) is 51.5 cm³/mol. The zero-order valence-corrected chi connectivity index (χ0v) is 7.75. The molecule has 13 heavy (non-hydrogen) atoms. The van der Waals surface area contributed by atoms with E-state index in [0.29, 0.717) is 0 Å². The highest BCUT2D eigenvalue weighted by Gasteiger charge is 1.95. The second-order valence-electron chi connectivity index (χ2n) is 2.46. The number of carbonyl (C=O) groups is 1. The topological polar surface area (TPSA) is 57.5 Å². The molecule has 0 bridgehead atoms. The fourth-order valence-corrected chi connectivity index (χ4v) is 1.65. The standard InChI is InChI=1S/C9H10O3S/c10-6-8-5-4-7(13-8)2-1-3-9(11)12/h1-2,4-5,10H,3,6H2,(H,11,12). The van der Waals surface area contributed by atoms with Gasteiger partial charge < -0.3 is 10.2 Å². The average molecular weight is 198 g/mol. The molecule has 4 heteroatoms. The highest BCUT2D eigenvalue weighted by atomic mass is 32.1. The van der Waals surface area contributed by atoms with Crippen molar-refractivity contribution in [1.29, 1.82) is 0 Å². The summed E-state index contributed by atoms with van der Waals surface area (Å²) < 4.78 is 0. The normalized spacial score (nSPS) is 10.8. The van der Waals surface area contributed by atoms with Crippen LogP contribution in [0.3, 0.4) is 0 Å². The van der Waals surface area contributed by atoms with Crippen molar-refractivity contribution in [3.63, 3.8) is 0 Å². The lowest BCUT2D eigenvalue weighted by molar-refractivity contribution is -0.135. The van der Waals surface area contributed by atoms with E-state index in [1.165, 1.54) is 11.3 Å². The van der Waals surface area contributed by atoms with E-state index in [4.69, 9.17) is 10.2 Å². The quantitative estimate of drug-likeness (QED) is 0.774. The zero-order chi connectivity index (χ0) is 9.68. The third-order valence-electron chi connectivity index (χ3n) is 1.41. The second-order valence-corrected chi connectivity index (χ2v) is 3.66. The van der Waals surface area contributed by atoms with Crippen LogP contribution in [0.1, 0.15) is 16.2 Å². The molecule has 1 aromatic rings. The van der Waals surface area contributed by atoms with Gasteiger partial charge >= 0.3 is 5.97 Å². The summed E-state index contributed by atoms with van der Waals surface area (Å²) in [7, 11) is 0. The van der Waals surface area contributed by atoms with Gasteiger partial charge in [-0.1, -0.05) is 6.08 Å². The van der Waals surface area contributed by atoms with Gasteiger partial charge in [0.1, 0.15) is 0 Å². The first-order valence-corrected chi connectivity index (χ1v) is 4.62. The Kier molecular flexibility index (Phi) is 3.67. The number of hydrogen-bond donors (Lipinski definition) is 2. The number of aliphatic carboxylic acids is 1. The Balaban J connectivity index is 2.53. The van der Waals surface area contributed by atoms with E-state index >= 15 is 0 Å². The molecule has 2 N–H and O–H groups in total. The molecule has 1 aromatic heterocycles. The number of rotatable bonds is 4. The predicted octanol–water partition coefficient (Wildman–Crippen LogP) is 1.73. The van der Waals surface area contributed by atoms with Gasteiger partial charge in [0.15, 0.2) is 0 Å². The summed E-state index contributed by atoms with van der Waals surface area (Å²) in [5.74, 6) is -0.838. The first-order chi connectivity index (χ1) is 6.22. The number of carboxylic acids is 1. The first-order valence-electron chi connectivity index (χ1n) is 3.80. The van der Waals surface area contributed by atoms with Crippen LogP contribution in [0.4, 0.5) is 0 Å². The maximum Gasteiger partial charge on any atom is 0.307 e.